The Hall–Kier alpha value is -0.980. The second-order valence-corrected chi connectivity index (χ2v) is 3.77. The highest BCUT2D eigenvalue weighted by Crippen LogP contribution is 2.34. The summed E-state index contributed by atoms with van der Waals surface area (Å²) in [4.78, 5) is 0. The van der Waals surface area contributed by atoms with Crippen LogP contribution in [0, 0.1) is 0 Å². The van der Waals surface area contributed by atoms with Gasteiger partial charge in [0.05, 0.1) is 0 Å². The molecule has 0 saturated carbocycles. The Morgan fingerprint density at radius 2 is 1.92 bits per heavy atom. The number of rotatable bonds is 0. The summed E-state index contributed by atoms with van der Waals surface area (Å²) in [5, 5.41) is 3.50. The van der Waals surface area contributed by atoms with Crippen molar-refractivity contribution in [2.24, 2.45) is 0 Å². The van der Waals surface area contributed by atoms with Crippen LogP contribution >= 0.6 is 0 Å². The second-order valence-electron chi connectivity index (χ2n) is 3.77. The van der Waals surface area contributed by atoms with Crippen molar-refractivity contribution >= 4 is 5.69 Å². The predicted octanol–water partition coefficient (Wildman–Crippen LogP) is 2.14. The maximum absolute atomic E-state index is 3.50. The Morgan fingerprint density at radius 1 is 1.00 bits per heavy atom. The third kappa shape index (κ3) is 0.739. The lowest BCUT2D eigenvalue weighted by atomic mass is 10.0. The number of benzene rings is 1. The molecule has 1 aromatic rings. The topological polar surface area (TPSA) is 12.0 Å². The summed E-state index contributed by atoms with van der Waals surface area (Å²) < 4.78 is 0. The Kier molecular flexibility index (Phi) is 1.23. The predicted molar refractivity (Wildman–Crippen MR) is 50.7 cm³/mol. The first-order valence-electron chi connectivity index (χ1n) is 4.82. The molecule has 0 aromatic heterocycles. The highest BCUT2D eigenvalue weighted by molar-refractivity contribution is 5.64. The number of fused-ring (bicyclic) bond motifs is 3. The summed E-state index contributed by atoms with van der Waals surface area (Å²) in [6.45, 7) is 1.14. The van der Waals surface area contributed by atoms with Crippen LogP contribution in [0.15, 0.2) is 12.1 Å². The first kappa shape index (κ1) is 6.53. The van der Waals surface area contributed by atoms with Crippen molar-refractivity contribution in [3.63, 3.8) is 0 Å². The molecule has 1 aliphatic carbocycles. The zero-order valence-corrected chi connectivity index (χ0v) is 7.19. The largest absolute Gasteiger partial charge is 0.384 e. The Balaban J connectivity index is 2.24. The van der Waals surface area contributed by atoms with Crippen molar-refractivity contribution in [1.29, 1.82) is 0 Å². The van der Waals surface area contributed by atoms with Crippen LogP contribution < -0.4 is 5.32 Å². The van der Waals surface area contributed by atoms with E-state index >= 15 is 0 Å². The normalized spacial score (nSPS) is 18.7. The van der Waals surface area contributed by atoms with Crippen LogP contribution in [0.4, 0.5) is 5.69 Å². The lowest BCUT2D eigenvalue weighted by Crippen LogP contribution is -1.94. The molecule has 0 saturated heterocycles. The van der Waals surface area contributed by atoms with Crippen LogP contribution in [-0.2, 0) is 19.3 Å². The van der Waals surface area contributed by atoms with E-state index < -0.39 is 0 Å². The van der Waals surface area contributed by atoms with E-state index in [0.717, 1.165) is 6.54 Å². The van der Waals surface area contributed by atoms with Crippen molar-refractivity contribution in [3.8, 4) is 0 Å². The smallest absolute Gasteiger partial charge is 0.0408 e. The minimum absolute atomic E-state index is 1.14. The third-order valence-electron chi connectivity index (χ3n) is 3.07. The quantitative estimate of drug-likeness (QED) is 0.611. The van der Waals surface area contributed by atoms with Crippen LogP contribution in [0.1, 0.15) is 23.1 Å². The van der Waals surface area contributed by atoms with Gasteiger partial charge in [0, 0.05) is 12.2 Å². The van der Waals surface area contributed by atoms with Gasteiger partial charge in [0.2, 0.25) is 0 Å². The highest BCUT2D eigenvalue weighted by atomic mass is 14.9. The van der Waals surface area contributed by atoms with Gasteiger partial charge in [0.25, 0.3) is 0 Å². The molecule has 0 unspecified atom stereocenters. The van der Waals surface area contributed by atoms with Crippen LogP contribution in [0.3, 0.4) is 0 Å². The fourth-order valence-corrected chi connectivity index (χ4v) is 2.47. The number of hydrogen-bond acceptors (Lipinski definition) is 1. The molecule has 2 aliphatic rings. The summed E-state index contributed by atoms with van der Waals surface area (Å²) in [7, 11) is 0. The summed E-state index contributed by atoms with van der Waals surface area (Å²) in [6.07, 6.45) is 5.17. The molecule has 3 rings (SSSR count). The van der Waals surface area contributed by atoms with E-state index in [1.165, 1.54) is 36.9 Å². The first-order chi connectivity index (χ1) is 5.95. The molecule has 1 N–H and O–H groups in total. The average molecular weight is 159 g/mol. The number of anilines is 1. The van der Waals surface area contributed by atoms with Gasteiger partial charge in [-0.05, 0) is 42.4 Å². The second kappa shape index (κ2) is 2.25. The molecule has 1 aliphatic heterocycles. The van der Waals surface area contributed by atoms with E-state index in [4.69, 9.17) is 0 Å². The van der Waals surface area contributed by atoms with Crippen LogP contribution in [-0.4, -0.2) is 6.54 Å². The first-order valence-corrected chi connectivity index (χ1v) is 4.82. The zero-order chi connectivity index (χ0) is 7.97. The van der Waals surface area contributed by atoms with Crippen molar-refractivity contribution < 1.29 is 0 Å². The van der Waals surface area contributed by atoms with Crippen molar-refractivity contribution in [1.82, 2.24) is 0 Å². The summed E-state index contributed by atoms with van der Waals surface area (Å²) in [5.41, 5.74) is 6.22. The zero-order valence-electron chi connectivity index (χ0n) is 7.19. The van der Waals surface area contributed by atoms with Gasteiger partial charge in [-0.15, -0.1) is 0 Å². The maximum Gasteiger partial charge on any atom is 0.0408 e. The fraction of sp³-hybridized carbons (Fsp3) is 0.455. The van der Waals surface area contributed by atoms with Crippen molar-refractivity contribution in [3.05, 3.63) is 28.8 Å². The van der Waals surface area contributed by atoms with Gasteiger partial charge >= 0.3 is 0 Å². The molecule has 0 radical (unpaired) electrons. The molecule has 1 heterocycles. The molecule has 1 aromatic carbocycles. The van der Waals surface area contributed by atoms with E-state index in [1.54, 1.807) is 11.1 Å². The van der Waals surface area contributed by atoms with Gasteiger partial charge in [-0.25, -0.2) is 0 Å². The molecule has 0 spiro atoms. The van der Waals surface area contributed by atoms with Crippen molar-refractivity contribution in [2.75, 3.05) is 11.9 Å². The number of aryl methyl sites for hydroxylation is 1. The Morgan fingerprint density at radius 3 is 2.92 bits per heavy atom. The van der Waals surface area contributed by atoms with E-state index in [-0.39, 0.29) is 0 Å². The van der Waals surface area contributed by atoms with E-state index in [9.17, 15) is 0 Å². The summed E-state index contributed by atoms with van der Waals surface area (Å²) in [5.74, 6) is 0. The molecule has 1 nitrogen and oxygen atoms in total. The minimum atomic E-state index is 1.14. The molecule has 62 valence electrons. The van der Waals surface area contributed by atoms with Crippen molar-refractivity contribution in [2.45, 2.75) is 25.7 Å². The summed E-state index contributed by atoms with van der Waals surface area (Å²) in [6, 6.07) is 4.63. The lowest BCUT2D eigenvalue weighted by Gasteiger charge is -2.06. The average Bonchev–Trinajstić information content (AvgIpc) is 2.71. The van der Waals surface area contributed by atoms with Gasteiger partial charge in [-0.2, -0.15) is 0 Å². The van der Waals surface area contributed by atoms with E-state index in [2.05, 4.69) is 17.4 Å². The van der Waals surface area contributed by atoms with Gasteiger partial charge in [-0.3, -0.25) is 0 Å². The van der Waals surface area contributed by atoms with Gasteiger partial charge in [0.15, 0.2) is 0 Å². The van der Waals surface area contributed by atoms with Crippen LogP contribution in [0.5, 0.6) is 0 Å². The van der Waals surface area contributed by atoms with Gasteiger partial charge in [0.1, 0.15) is 0 Å². The maximum atomic E-state index is 3.50. The summed E-state index contributed by atoms with van der Waals surface area (Å²) >= 11 is 0. The molecular formula is C11H13N. The molecule has 0 bridgehead atoms. The SMILES string of the molecule is c1cc2c(c3c1CCC3)NCC2. The molecule has 12 heavy (non-hydrogen) atoms. The minimum Gasteiger partial charge on any atom is -0.384 e. The fourth-order valence-electron chi connectivity index (χ4n) is 2.47. The molecule has 0 atom stereocenters. The van der Waals surface area contributed by atoms with E-state index in [1.807, 2.05) is 0 Å². The van der Waals surface area contributed by atoms with Crippen LogP contribution in [0.2, 0.25) is 0 Å². The Bertz CT molecular complexity index is 295. The van der Waals surface area contributed by atoms with Gasteiger partial charge < -0.3 is 5.32 Å². The highest BCUT2D eigenvalue weighted by Gasteiger charge is 2.19. The Labute approximate surface area is 72.8 Å². The molecule has 1 heteroatoms. The van der Waals surface area contributed by atoms with E-state index in [0.29, 0.717) is 0 Å². The molecular weight excluding hydrogens is 146 g/mol. The van der Waals surface area contributed by atoms with Gasteiger partial charge in [-0.1, -0.05) is 12.1 Å². The lowest BCUT2D eigenvalue weighted by molar-refractivity contribution is 0.912. The molecule has 0 amide bonds. The standard InChI is InChI=1S/C11H13N/c1-2-8-4-5-9-6-7-12-11(9)10(8)3-1/h4-5,12H,1-3,6-7H2. The third-order valence-corrected chi connectivity index (χ3v) is 3.07. The monoisotopic (exact) mass is 159 g/mol. The molecule has 0 fully saturated rings. The number of hydrogen-bond donors (Lipinski definition) is 1. The number of nitrogens with one attached hydrogen (secondary N) is 1. The van der Waals surface area contributed by atoms with Crippen LogP contribution in [0.25, 0.3) is 0 Å².